The molecule has 2 aromatic heterocycles. The molecule has 5 aliphatic rings. The smallest absolute Gasteiger partial charge is 0.410 e. The lowest BCUT2D eigenvalue weighted by molar-refractivity contribution is 0.00698. The van der Waals surface area contributed by atoms with Crippen LogP contribution in [0, 0.1) is 24.0 Å². The van der Waals surface area contributed by atoms with Crippen molar-refractivity contribution in [2.75, 3.05) is 45.2 Å². The normalized spacial score (nSPS) is 25.3. The van der Waals surface area contributed by atoms with Crippen LogP contribution < -0.4 is 14.4 Å². The van der Waals surface area contributed by atoms with Gasteiger partial charge in [-0.2, -0.15) is 9.97 Å². The number of nitrogens with zero attached hydrogens (tertiary/aromatic N) is 6. The van der Waals surface area contributed by atoms with Crippen molar-refractivity contribution in [1.29, 1.82) is 0 Å². The molecule has 0 spiro atoms. The Bertz CT molecular complexity index is 2330. The summed E-state index contributed by atoms with van der Waals surface area (Å²) < 4.78 is 70.6. The van der Waals surface area contributed by atoms with E-state index in [2.05, 4.69) is 15.7 Å². The molecule has 0 unspecified atom stereocenters. The lowest BCUT2D eigenvalue weighted by Gasteiger charge is -2.48. The van der Waals surface area contributed by atoms with Gasteiger partial charge in [0.05, 0.1) is 40.3 Å². The largest absolute Gasteiger partial charge is 0.468 e. The number of halogens is 3. The van der Waals surface area contributed by atoms with Gasteiger partial charge in [-0.25, -0.2) is 22.9 Å². The highest BCUT2D eigenvalue weighted by atomic mass is 19.1. The van der Waals surface area contributed by atoms with Crippen molar-refractivity contribution in [3.63, 3.8) is 0 Å². The van der Waals surface area contributed by atoms with Crippen LogP contribution in [-0.4, -0.2) is 106 Å². The van der Waals surface area contributed by atoms with Gasteiger partial charge < -0.3 is 23.8 Å². The molecule has 14 heteroatoms. The Balaban J connectivity index is 1.22. The van der Waals surface area contributed by atoms with Gasteiger partial charge in [0.15, 0.2) is 12.6 Å². The van der Waals surface area contributed by atoms with Gasteiger partial charge in [0.1, 0.15) is 47.5 Å². The van der Waals surface area contributed by atoms with Gasteiger partial charge in [-0.05, 0) is 109 Å². The molecule has 5 aliphatic heterocycles. The maximum absolute atomic E-state index is 17.7. The van der Waals surface area contributed by atoms with Crippen molar-refractivity contribution in [3.8, 4) is 35.4 Å². The standard InChI is InChI=1S/C44H49F3N6O5/c1-6-29-31(46)13-11-25-19-28(57-24-55-5)20-30(35(25)29)38-37(47)39-36-32(48-38)9-7-10-33-34-14-12-27(53(34)42(54)58-43(2,3)4)22-51(33)40(36)50-41(49-39)56-23-44-16-8-18-52(44)26(21-45)15-17-44/h1,11,13,19-20,26-27,33-34H,7-10,12,14-18,21-24H2,2-5H3/t26-,27+,33+,34-,44-/m0/s1. The number of rotatable bonds is 8. The summed E-state index contributed by atoms with van der Waals surface area (Å²) in [5, 5.41) is 1.33. The van der Waals surface area contributed by atoms with Crippen LogP contribution in [0.5, 0.6) is 11.8 Å². The molecular weight excluding hydrogens is 750 g/mol. The van der Waals surface area contributed by atoms with Crippen LogP contribution in [0.3, 0.4) is 0 Å². The molecule has 1 amide bonds. The number of ether oxygens (including phenoxy) is 4. The molecule has 2 bridgehead atoms. The van der Waals surface area contributed by atoms with Crippen molar-refractivity contribution in [2.45, 2.75) is 114 Å². The maximum atomic E-state index is 17.7. The number of hydrogen-bond acceptors (Lipinski definition) is 10. The first-order chi connectivity index (χ1) is 27.9. The Labute approximate surface area is 336 Å². The number of hydrogen-bond donors (Lipinski definition) is 0. The fraction of sp³-hybridized carbons (Fsp3) is 0.545. The molecule has 5 atom stereocenters. The number of carbonyl (C=O) groups excluding carboxylic acids is 1. The van der Waals surface area contributed by atoms with E-state index in [0.29, 0.717) is 59.2 Å². The highest BCUT2D eigenvalue weighted by molar-refractivity contribution is 6.03. The molecule has 11 nitrogen and oxygen atoms in total. The summed E-state index contributed by atoms with van der Waals surface area (Å²) >= 11 is 0. The van der Waals surface area contributed by atoms with E-state index in [1.54, 1.807) is 18.2 Å². The van der Waals surface area contributed by atoms with Crippen LogP contribution in [0.2, 0.25) is 0 Å². The SMILES string of the molecule is C#Cc1c(F)ccc2cc(OCOC)cc(-c3nc4c5c(nc(OC[C@@]67CCCN6[C@H](CF)CC7)nc5c3F)N3C[C@H]5CC[C@@H]([C@H]3CCC4)N5C(=O)OC(C)(C)C)c12. The highest BCUT2D eigenvalue weighted by Gasteiger charge is 2.52. The minimum atomic E-state index is -0.740. The number of pyridine rings is 1. The van der Waals surface area contributed by atoms with Gasteiger partial charge in [0.2, 0.25) is 0 Å². The second kappa shape index (κ2) is 14.7. The Morgan fingerprint density at radius 3 is 2.64 bits per heavy atom. The molecule has 4 saturated heterocycles. The van der Waals surface area contributed by atoms with Crippen molar-refractivity contribution >= 4 is 33.6 Å². The fourth-order valence-corrected chi connectivity index (χ4v) is 10.5. The zero-order chi connectivity index (χ0) is 40.5. The number of aryl methyl sites for hydroxylation is 1. The first-order valence-electron chi connectivity index (χ1n) is 20.4. The van der Waals surface area contributed by atoms with E-state index in [9.17, 15) is 9.18 Å². The molecule has 7 heterocycles. The average molecular weight is 799 g/mol. The molecule has 306 valence electrons. The molecule has 2 aromatic carbocycles. The third kappa shape index (κ3) is 6.45. The first-order valence-corrected chi connectivity index (χ1v) is 20.4. The van der Waals surface area contributed by atoms with Crippen LogP contribution in [-0.2, 0) is 15.9 Å². The van der Waals surface area contributed by atoms with Crippen LogP contribution in [0.25, 0.3) is 32.9 Å². The van der Waals surface area contributed by atoms with E-state index in [1.807, 2.05) is 25.7 Å². The lowest BCUT2D eigenvalue weighted by atomic mass is 9.92. The Morgan fingerprint density at radius 2 is 1.86 bits per heavy atom. The number of anilines is 1. The fourth-order valence-electron chi connectivity index (χ4n) is 10.5. The monoisotopic (exact) mass is 798 g/mol. The number of carbonyl (C=O) groups is 1. The lowest BCUT2D eigenvalue weighted by Crippen LogP contribution is -2.62. The van der Waals surface area contributed by atoms with E-state index in [4.69, 9.17) is 40.3 Å². The van der Waals surface area contributed by atoms with Crippen molar-refractivity contribution in [1.82, 2.24) is 24.8 Å². The zero-order valence-corrected chi connectivity index (χ0v) is 33.5. The number of aromatic nitrogens is 3. The molecule has 4 fully saturated rings. The van der Waals surface area contributed by atoms with Crippen LogP contribution >= 0.6 is 0 Å². The van der Waals surface area contributed by atoms with Gasteiger partial charge in [-0.1, -0.05) is 12.0 Å². The Kier molecular flexibility index (Phi) is 9.82. The van der Waals surface area contributed by atoms with E-state index >= 15 is 8.78 Å². The minimum Gasteiger partial charge on any atom is -0.468 e. The van der Waals surface area contributed by atoms with Crippen molar-refractivity contribution in [2.24, 2.45) is 0 Å². The minimum absolute atomic E-state index is 0.00746. The van der Waals surface area contributed by atoms with Crippen LogP contribution in [0.15, 0.2) is 24.3 Å². The number of terminal acetylenes is 1. The van der Waals surface area contributed by atoms with Gasteiger partial charge >= 0.3 is 12.1 Å². The second-order valence-electron chi connectivity index (χ2n) is 17.4. The predicted octanol–water partition coefficient (Wildman–Crippen LogP) is 7.73. The number of piperazine rings is 1. The summed E-state index contributed by atoms with van der Waals surface area (Å²) in [7, 11) is 1.49. The summed E-state index contributed by atoms with van der Waals surface area (Å²) in [4.78, 5) is 34.9. The Morgan fingerprint density at radius 1 is 1.02 bits per heavy atom. The number of alkyl halides is 1. The van der Waals surface area contributed by atoms with Crippen molar-refractivity contribution < 1.29 is 36.9 Å². The number of benzene rings is 2. The summed E-state index contributed by atoms with van der Waals surface area (Å²) in [6, 6.07) is 5.61. The average Bonchev–Trinajstić information content (AvgIpc) is 3.87. The second-order valence-corrected chi connectivity index (χ2v) is 17.4. The Hall–Kier alpha value is -4.87. The van der Waals surface area contributed by atoms with Crippen LogP contribution in [0.1, 0.15) is 83.4 Å². The van der Waals surface area contributed by atoms with E-state index in [-0.39, 0.29) is 77.5 Å². The van der Waals surface area contributed by atoms with E-state index < -0.39 is 23.9 Å². The summed E-state index contributed by atoms with van der Waals surface area (Å²) in [5.74, 6) is 1.98. The third-order valence-corrected chi connectivity index (χ3v) is 12.9. The van der Waals surface area contributed by atoms with Gasteiger partial charge in [-0.15, -0.1) is 6.42 Å². The van der Waals surface area contributed by atoms with Gasteiger partial charge in [-0.3, -0.25) is 9.80 Å². The molecule has 9 rings (SSSR count). The molecule has 0 saturated carbocycles. The van der Waals surface area contributed by atoms with E-state index in [1.165, 1.54) is 13.2 Å². The molecule has 4 aromatic rings. The number of amides is 1. The topological polar surface area (TPSA) is 102 Å². The van der Waals surface area contributed by atoms with Crippen LogP contribution in [0.4, 0.5) is 23.8 Å². The molecule has 0 radical (unpaired) electrons. The molecule has 58 heavy (non-hydrogen) atoms. The summed E-state index contributed by atoms with van der Waals surface area (Å²) in [5.41, 5.74) is -0.218. The summed E-state index contributed by atoms with van der Waals surface area (Å²) in [6.07, 6.45) is 12.3. The number of methoxy groups -OCH3 is 1. The molecular formula is C44H49F3N6O5. The quantitative estimate of drug-likeness (QED) is 0.130. The summed E-state index contributed by atoms with van der Waals surface area (Å²) in [6.45, 7) is 6.60. The zero-order valence-electron chi connectivity index (χ0n) is 33.5. The van der Waals surface area contributed by atoms with E-state index in [0.717, 1.165) is 45.1 Å². The third-order valence-electron chi connectivity index (χ3n) is 12.9. The molecule has 0 N–H and O–H groups in total. The maximum Gasteiger partial charge on any atom is 0.410 e. The van der Waals surface area contributed by atoms with Gasteiger partial charge in [0, 0.05) is 30.6 Å². The molecule has 0 aliphatic carbocycles. The number of fused-ring (bicyclic) bond motifs is 7. The van der Waals surface area contributed by atoms with Gasteiger partial charge in [0.25, 0.3) is 0 Å². The highest BCUT2D eigenvalue weighted by Crippen LogP contribution is 2.47. The first kappa shape index (κ1) is 38.6. The van der Waals surface area contributed by atoms with Crippen molar-refractivity contribution in [3.05, 3.63) is 47.2 Å². The predicted molar refractivity (Wildman–Crippen MR) is 213 cm³/mol.